The Balaban J connectivity index is 1.77. The van der Waals surface area contributed by atoms with E-state index in [2.05, 4.69) is 12.2 Å². The summed E-state index contributed by atoms with van der Waals surface area (Å²) in [5.41, 5.74) is 0.752. The van der Waals surface area contributed by atoms with E-state index in [0.717, 1.165) is 36.8 Å². The molecule has 1 N–H and O–H groups in total. The first kappa shape index (κ1) is 13.1. The normalized spacial score (nSPS) is 14.5. The zero-order valence-electron chi connectivity index (χ0n) is 10.9. The molecule has 3 heteroatoms. The van der Waals surface area contributed by atoms with Crippen LogP contribution >= 0.6 is 0 Å². The summed E-state index contributed by atoms with van der Waals surface area (Å²) in [6, 6.07) is 7.41. The van der Waals surface area contributed by atoms with Crippen molar-refractivity contribution in [2.45, 2.75) is 26.2 Å². The van der Waals surface area contributed by atoms with Gasteiger partial charge in [-0.3, -0.25) is 4.79 Å². The van der Waals surface area contributed by atoms with Crippen molar-refractivity contribution in [1.29, 1.82) is 0 Å². The summed E-state index contributed by atoms with van der Waals surface area (Å²) < 4.78 is 5.48. The number of ketones is 1. The van der Waals surface area contributed by atoms with E-state index in [4.69, 9.17) is 4.74 Å². The van der Waals surface area contributed by atoms with Gasteiger partial charge in [-0.05, 0) is 56.0 Å². The van der Waals surface area contributed by atoms with Crippen molar-refractivity contribution in [2.75, 3.05) is 19.7 Å². The SMILES string of the molecule is CCCOc1ccc(C(=O)CNCC2CC2)cc1. The molecular weight excluding hydrogens is 226 g/mol. The molecule has 1 aliphatic carbocycles. The third-order valence-electron chi connectivity index (χ3n) is 3.06. The Morgan fingerprint density at radius 2 is 2.06 bits per heavy atom. The van der Waals surface area contributed by atoms with E-state index in [1.807, 2.05) is 24.3 Å². The van der Waals surface area contributed by atoms with E-state index in [9.17, 15) is 4.79 Å². The Morgan fingerprint density at radius 3 is 2.67 bits per heavy atom. The van der Waals surface area contributed by atoms with Gasteiger partial charge in [0.1, 0.15) is 5.75 Å². The lowest BCUT2D eigenvalue weighted by molar-refractivity contribution is 0.0991. The predicted octanol–water partition coefficient (Wildman–Crippen LogP) is 2.66. The molecule has 0 radical (unpaired) electrons. The van der Waals surface area contributed by atoms with Crippen molar-refractivity contribution < 1.29 is 9.53 Å². The van der Waals surface area contributed by atoms with Gasteiger partial charge in [0.15, 0.2) is 5.78 Å². The summed E-state index contributed by atoms with van der Waals surface area (Å²) in [7, 11) is 0. The van der Waals surface area contributed by atoms with Gasteiger partial charge in [0, 0.05) is 5.56 Å². The van der Waals surface area contributed by atoms with Gasteiger partial charge in [-0.2, -0.15) is 0 Å². The van der Waals surface area contributed by atoms with Crippen LogP contribution in [-0.2, 0) is 0 Å². The number of Topliss-reactive ketones (excluding diaryl/α,β-unsaturated/α-hetero) is 1. The molecule has 1 aromatic carbocycles. The molecule has 0 amide bonds. The smallest absolute Gasteiger partial charge is 0.176 e. The largest absolute Gasteiger partial charge is 0.494 e. The van der Waals surface area contributed by atoms with Crippen molar-refractivity contribution in [3.63, 3.8) is 0 Å². The van der Waals surface area contributed by atoms with Crippen LogP contribution in [0.4, 0.5) is 0 Å². The number of rotatable bonds is 8. The standard InChI is InChI=1S/C15H21NO2/c1-2-9-18-14-7-5-13(6-8-14)15(17)11-16-10-12-3-4-12/h5-8,12,16H,2-4,9-11H2,1H3. The van der Waals surface area contributed by atoms with E-state index in [1.165, 1.54) is 12.8 Å². The number of carbonyl (C=O) groups excluding carboxylic acids is 1. The third kappa shape index (κ3) is 4.15. The first-order valence-electron chi connectivity index (χ1n) is 6.76. The number of hydrogen-bond acceptors (Lipinski definition) is 3. The quantitative estimate of drug-likeness (QED) is 0.718. The summed E-state index contributed by atoms with van der Waals surface area (Å²) in [4.78, 5) is 11.9. The highest BCUT2D eigenvalue weighted by Gasteiger charge is 2.20. The Bertz CT molecular complexity index is 382. The molecule has 0 saturated heterocycles. The summed E-state index contributed by atoms with van der Waals surface area (Å²) >= 11 is 0. The Labute approximate surface area is 109 Å². The van der Waals surface area contributed by atoms with Crippen molar-refractivity contribution >= 4 is 5.78 Å². The monoisotopic (exact) mass is 247 g/mol. The van der Waals surface area contributed by atoms with Crippen LogP contribution in [0, 0.1) is 5.92 Å². The number of hydrogen-bond donors (Lipinski definition) is 1. The fourth-order valence-electron chi connectivity index (χ4n) is 1.77. The van der Waals surface area contributed by atoms with Crippen LogP contribution in [0.2, 0.25) is 0 Å². The maximum absolute atomic E-state index is 11.9. The van der Waals surface area contributed by atoms with Crippen molar-refractivity contribution in [3.05, 3.63) is 29.8 Å². The van der Waals surface area contributed by atoms with Gasteiger partial charge in [-0.25, -0.2) is 0 Å². The molecular formula is C15H21NO2. The van der Waals surface area contributed by atoms with Gasteiger partial charge in [-0.15, -0.1) is 0 Å². The molecule has 0 spiro atoms. The van der Waals surface area contributed by atoms with Crippen molar-refractivity contribution in [3.8, 4) is 5.75 Å². The predicted molar refractivity (Wildman–Crippen MR) is 72.2 cm³/mol. The maximum atomic E-state index is 11.9. The second-order valence-electron chi connectivity index (χ2n) is 4.87. The van der Waals surface area contributed by atoms with Gasteiger partial charge < -0.3 is 10.1 Å². The van der Waals surface area contributed by atoms with Crippen LogP contribution in [0.1, 0.15) is 36.5 Å². The number of ether oxygens (including phenoxy) is 1. The highest BCUT2D eigenvalue weighted by molar-refractivity contribution is 5.97. The van der Waals surface area contributed by atoms with E-state index >= 15 is 0 Å². The second-order valence-corrected chi connectivity index (χ2v) is 4.87. The number of benzene rings is 1. The van der Waals surface area contributed by atoms with Gasteiger partial charge in [0.05, 0.1) is 13.2 Å². The summed E-state index contributed by atoms with van der Waals surface area (Å²) in [6.45, 7) is 4.20. The fourth-order valence-corrected chi connectivity index (χ4v) is 1.77. The Morgan fingerprint density at radius 1 is 1.33 bits per heavy atom. The van der Waals surface area contributed by atoms with Gasteiger partial charge in [0.25, 0.3) is 0 Å². The van der Waals surface area contributed by atoms with Gasteiger partial charge in [-0.1, -0.05) is 6.92 Å². The maximum Gasteiger partial charge on any atom is 0.176 e. The van der Waals surface area contributed by atoms with E-state index in [-0.39, 0.29) is 5.78 Å². The average Bonchev–Trinajstić information content (AvgIpc) is 3.21. The Hall–Kier alpha value is -1.35. The molecule has 1 saturated carbocycles. The minimum Gasteiger partial charge on any atom is -0.494 e. The molecule has 0 atom stereocenters. The molecule has 18 heavy (non-hydrogen) atoms. The Kier molecular flexibility index (Phi) is 4.76. The average molecular weight is 247 g/mol. The third-order valence-corrected chi connectivity index (χ3v) is 3.06. The minimum atomic E-state index is 0.151. The molecule has 98 valence electrons. The fraction of sp³-hybridized carbons (Fsp3) is 0.533. The second kappa shape index (κ2) is 6.55. The zero-order valence-corrected chi connectivity index (χ0v) is 10.9. The van der Waals surface area contributed by atoms with E-state index < -0.39 is 0 Å². The molecule has 1 fully saturated rings. The lowest BCUT2D eigenvalue weighted by atomic mass is 10.1. The molecule has 3 nitrogen and oxygen atoms in total. The first-order chi connectivity index (χ1) is 8.79. The summed E-state index contributed by atoms with van der Waals surface area (Å²) in [5, 5.41) is 3.21. The first-order valence-corrected chi connectivity index (χ1v) is 6.76. The lowest BCUT2D eigenvalue weighted by Gasteiger charge is -2.06. The highest BCUT2D eigenvalue weighted by atomic mass is 16.5. The molecule has 0 unspecified atom stereocenters. The van der Waals surface area contributed by atoms with Crippen LogP contribution in [-0.4, -0.2) is 25.5 Å². The van der Waals surface area contributed by atoms with Crippen LogP contribution in [0.15, 0.2) is 24.3 Å². The van der Waals surface area contributed by atoms with Crippen molar-refractivity contribution in [2.24, 2.45) is 5.92 Å². The number of carbonyl (C=O) groups is 1. The minimum absolute atomic E-state index is 0.151. The summed E-state index contributed by atoms with van der Waals surface area (Å²) in [5.74, 6) is 1.79. The van der Waals surface area contributed by atoms with Gasteiger partial charge >= 0.3 is 0 Å². The topological polar surface area (TPSA) is 38.3 Å². The van der Waals surface area contributed by atoms with E-state index in [0.29, 0.717) is 6.54 Å². The van der Waals surface area contributed by atoms with Crippen molar-refractivity contribution in [1.82, 2.24) is 5.32 Å². The molecule has 2 rings (SSSR count). The van der Waals surface area contributed by atoms with Crippen LogP contribution in [0.25, 0.3) is 0 Å². The zero-order chi connectivity index (χ0) is 12.8. The van der Waals surface area contributed by atoms with Crippen LogP contribution in [0.3, 0.4) is 0 Å². The molecule has 1 aromatic rings. The lowest BCUT2D eigenvalue weighted by Crippen LogP contribution is -2.24. The molecule has 0 bridgehead atoms. The van der Waals surface area contributed by atoms with Crippen LogP contribution in [0.5, 0.6) is 5.75 Å². The molecule has 0 aliphatic heterocycles. The van der Waals surface area contributed by atoms with Crippen LogP contribution < -0.4 is 10.1 Å². The van der Waals surface area contributed by atoms with E-state index in [1.54, 1.807) is 0 Å². The molecule has 1 aliphatic rings. The summed E-state index contributed by atoms with van der Waals surface area (Å²) in [6.07, 6.45) is 3.61. The van der Waals surface area contributed by atoms with Gasteiger partial charge in [0.2, 0.25) is 0 Å². The highest BCUT2D eigenvalue weighted by Crippen LogP contribution is 2.27. The molecule has 0 aromatic heterocycles. The number of nitrogens with one attached hydrogen (secondary N) is 1. The molecule has 0 heterocycles.